The Bertz CT molecular complexity index is 699. The van der Waals surface area contributed by atoms with Crippen LogP contribution in [0.3, 0.4) is 0 Å². The molecule has 0 bridgehead atoms. The van der Waals surface area contributed by atoms with E-state index in [-0.39, 0.29) is 24.0 Å². The third-order valence-electron chi connectivity index (χ3n) is 4.21. The summed E-state index contributed by atoms with van der Waals surface area (Å²) in [5, 5.41) is 6.68. The zero-order chi connectivity index (χ0) is 19.5. The van der Waals surface area contributed by atoms with Crippen molar-refractivity contribution in [2.45, 2.75) is 26.4 Å². The Morgan fingerprint density at radius 3 is 1.96 bits per heavy atom. The molecular formula is C22H33IN4O. The summed E-state index contributed by atoms with van der Waals surface area (Å²) in [6.07, 6.45) is 1.03. The summed E-state index contributed by atoms with van der Waals surface area (Å²) < 4.78 is 5.77. The molecule has 2 rings (SSSR count). The number of hydrogen-bond donors (Lipinski definition) is 2. The summed E-state index contributed by atoms with van der Waals surface area (Å²) in [6.45, 7) is 5.34. The average Bonchev–Trinajstić information content (AvgIpc) is 2.67. The van der Waals surface area contributed by atoms with Crippen molar-refractivity contribution in [1.29, 1.82) is 0 Å². The van der Waals surface area contributed by atoms with E-state index in [1.165, 1.54) is 16.7 Å². The number of guanidine groups is 1. The van der Waals surface area contributed by atoms with Crippen LogP contribution < -0.4 is 15.4 Å². The molecule has 0 aromatic heterocycles. The molecule has 28 heavy (non-hydrogen) atoms. The maximum absolute atomic E-state index is 5.77. The van der Waals surface area contributed by atoms with Crippen molar-refractivity contribution in [3.63, 3.8) is 0 Å². The van der Waals surface area contributed by atoms with Gasteiger partial charge in [-0.25, -0.2) is 0 Å². The predicted octanol–water partition coefficient (Wildman–Crippen LogP) is 3.81. The fourth-order valence-electron chi connectivity index (χ4n) is 2.57. The number of ether oxygens (including phenoxy) is 1. The summed E-state index contributed by atoms with van der Waals surface area (Å²) in [4.78, 5) is 6.45. The molecule has 6 heteroatoms. The first-order valence-corrected chi connectivity index (χ1v) is 9.43. The van der Waals surface area contributed by atoms with Gasteiger partial charge in [0.25, 0.3) is 0 Å². The van der Waals surface area contributed by atoms with Gasteiger partial charge in [-0.15, -0.1) is 24.0 Å². The first-order chi connectivity index (χ1) is 13.1. The second-order valence-electron chi connectivity index (χ2n) is 6.91. The lowest BCUT2D eigenvalue weighted by molar-refractivity contribution is 0.281. The average molecular weight is 496 g/mol. The Morgan fingerprint density at radius 2 is 1.46 bits per heavy atom. The molecule has 2 aromatic rings. The van der Waals surface area contributed by atoms with Gasteiger partial charge in [-0.3, -0.25) is 4.99 Å². The molecule has 0 radical (unpaired) electrons. The highest BCUT2D eigenvalue weighted by molar-refractivity contribution is 14.0. The van der Waals surface area contributed by atoms with Gasteiger partial charge in [0, 0.05) is 26.7 Å². The summed E-state index contributed by atoms with van der Waals surface area (Å²) in [7, 11) is 5.94. The lowest BCUT2D eigenvalue weighted by Crippen LogP contribution is -2.36. The van der Waals surface area contributed by atoms with Crippen LogP contribution in [-0.2, 0) is 13.1 Å². The fourth-order valence-corrected chi connectivity index (χ4v) is 2.57. The molecule has 0 atom stereocenters. The lowest BCUT2D eigenvalue weighted by Gasteiger charge is -2.13. The summed E-state index contributed by atoms with van der Waals surface area (Å²) in [6, 6.07) is 16.7. The lowest BCUT2D eigenvalue weighted by atomic mass is 10.1. The Balaban J connectivity index is 0.00000392. The summed E-state index contributed by atoms with van der Waals surface area (Å²) >= 11 is 0. The fraction of sp³-hybridized carbons (Fsp3) is 0.409. The van der Waals surface area contributed by atoms with Crippen molar-refractivity contribution in [1.82, 2.24) is 15.5 Å². The number of nitrogens with one attached hydrogen (secondary N) is 2. The van der Waals surface area contributed by atoms with E-state index in [0.717, 1.165) is 37.8 Å². The SMILES string of the molecule is CN=C(NCc1ccc(C)cc1)NCc1ccc(OCCCN(C)C)cc1.I. The van der Waals surface area contributed by atoms with E-state index in [1.54, 1.807) is 7.05 Å². The van der Waals surface area contributed by atoms with Gasteiger partial charge in [0.05, 0.1) is 6.61 Å². The van der Waals surface area contributed by atoms with Crippen molar-refractivity contribution in [2.24, 2.45) is 4.99 Å². The molecule has 0 fully saturated rings. The van der Waals surface area contributed by atoms with Gasteiger partial charge in [0.1, 0.15) is 5.75 Å². The van der Waals surface area contributed by atoms with Gasteiger partial charge in [0.15, 0.2) is 5.96 Å². The largest absolute Gasteiger partial charge is 0.494 e. The molecule has 154 valence electrons. The van der Waals surface area contributed by atoms with Gasteiger partial charge in [-0.05, 0) is 50.7 Å². The number of halogens is 1. The number of benzene rings is 2. The molecule has 2 aromatic carbocycles. The molecular weight excluding hydrogens is 463 g/mol. The van der Waals surface area contributed by atoms with Crippen molar-refractivity contribution in [2.75, 3.05) is 34.3 Å². The molecule has 0 aliphatic heterocycles. The molecule has 0 aliphatic carbocycles. The zero-order valence-corrected chi connectivity index (χ0v) is 19.7. The third-order valence-corrected chi connectivity index (χ3v) is 4.21. The monoisotopic (exact) mass is 496 g/mol. The second kappa shape index (κ2) is 13.4. The molecule has 0 saturated carbocycles. The predicted molar refractivity (Wildman–Crippen MR) is 129 cm³/mol. The standard InChI is InChI=1S/C22H32N4O.HI/c1-18-6-8-19(9-7-18)16-24-22(23-2)25-17-20-10-12-21(13-11-20)27-15-5-14-26(3)4;/h6-13H,5,14-17H2,1-4H3,(H2,23,24,25);1H. The number of aliphatic imine (C=N–C) groups is 1. The second-order valence-corrected chi connectivity index (χ2v) is 6.91. The topological polar surface area (TPSA) is 48.9 Å². The normalized spacial score (nSPS) is 11.1. The molecule has 0 spiro atoms. The van der Waals surface area contributed by atoms with E-state index in [4.69, 9.17) is 4.74 Å². The number of nitrogens with zero attached hydrogens (tertiary/aromatic N) is 2. The first kappa shape index (κ1) is 24.2. The van der Waals surface area contributed by atoms with Crippen LogP contribution in [0, 0.1) is 6.92 Å². The number of rotatable bonds is 9. The smallest absolute Gasteiger partial charge is 0.191 e. The number of aryl methyl sites for hydroxylation is 1. The first-order valence-electron chi connectivity index (χ1n) is 9.43. The van der Waals surface area contributed by atoms with E-state index >= 15 is 0 Å². The molecule has 0 unspecified atom stereocenters. The van der Waals surface area contributed by atoms with E-state index in [2.05, 4.69) is 77.9 Å². The highest BCUT2D eigenvalue weighted by atomic mass is 127. The van der Waals surface area contributed by atoms with E-state index in [9.17, 15) is 0 Å². The molecule has 0 saturated heterocycles. The van der Waals surface area contributed by atoms with Crippen LogP contribution in [-0.4, -0.2) is 45.2 Å². The highest BCUT2D eigenvalue weighted by Gasteiger charge is 2.01. The molecule has 0 heterocycles. The van der Waals surface area contributed by atoms with E-state index < -0.39 is 0 Å². The van der Waals surface area contributed by atoms with Crippen LogP contribution in [0.15, 0.2) is 53.5 Å². The summed E-state index contributed by atoms with van der Waals surface area (Å²) in [5.41, 5.74) is 3.69. The third kappa shape index (κ3) is 9.41. The van der Waals surface area contributed by atoms with Crippen LogP contribution in [0.4, 0.5) is 0 Å². The quantitative estimate of drug-likeness (QED) is 0.240. The Labute approximate surface area is 186 Å². The Hall–Kier alpha value is -1.80. The minimum atomic E-state index is 0. The van der Waals surface area contributed by atoms with Gasteiger partial charge >= 0.3 is 0 Å². The maximum atomic E-state index is 5.77. The summed E-state index contributed by atoms with van der Waals surface area (Å²) in [5.74, 6) is 1.71. The van der Waals surface area contributed by atoms with Crippen molar-refractivity contribution >= 4 is 29.9 Å². The Kier molecular flexibility index (Phi) is 11.6. The Morgan fingerprint density at radius 1 is 0.929 bits per heavy atom. The number of hydrogen-bond acceptors (Lipinski definition) is 3. The van der Waals surface area contributed by atoms with Crippen LogP contribution >= 0.6 is 24.0 Å². The van der Waals surface area contributed by atoms with Crippen molar-refractivity contribution in [3.8, 4) is 5.75 Å². The molecule has 2 N–H and O–H groups in total. The molecule has 0 amide bonds. The van der Waals surface area contributed by atoms with Crippen molar-refractivity contribution in [3.05, 3.63) is 65.2 Å². The zero-order valence-electron chi connectivity index (χ0n) is 17.4. The van der Waals surface area contributed by atoms with Crippen molar-refractivity contribution < 1.29 is 4.74 Å². The maximum Gasteiger partial charge on any atom is 0.191 e. The van der Waals surface area contributed by atoms with E-state index in [0.29, 0.717) is 6.54 Å². The minimum Gasteiger partial charge on any atom is -0.494 e. The van der Waals surface area contributed by atoms with Gasteiger partial charge in [-0.2, -0.15) is 0 Å². The van der Waals surface area contributed by atoms with Crippen LogP contribution in [0.25, 0.3) is 0 Å². The van der Waals surface area contributed by atoms with Crippen LogP contribution in [0.2, 0.25) is 0 Å². The van der Waals surface area contributed by atoms with E-state index in [1.807, 2.05) is 12.1 Å². The van der Waals surface area contributed by atoms with Gasteiger partial charge in [-0.1, -0.05) is 42.0 Å². The van der Waals surface area contributed by atoms with Crippen LogP contribution in [0.5, 0.6) is 5.75 Å². The van der Waals surface area contributed by atoms with Crippen LogP contribution in [0.1, 0.15) is 23.1 Å². The molecule has 5 nitrogen and oxygen atoms in total. The minimum absolute atomic E-state index is 0. The van der Waals surface area contributed by atoms with Gasteiger partial charge in [0.2, 0.25) is 0 Å². The molecule has 0 aliphatic rings. The highest BCUT2D eigenvalue weighted by Crippen LogP contribution is 2.12. The van der Waals surface area contributed by atoms with Gasteiger partial charge < -0.3 is 20.3 Å².